The first-order chi connectivity index (χ1) is 16.4. The maximum atomic E-state index is 13.4. The zero-order valence-electron chi connectivity index (χ0n) is 17.8. The minimum atomic E-state index is -4.08. The van der Waals surface area contributed by atoms with Crippen LogP contribution in [0.5, 0.6) is 0 Å². The molecule has 4 aromatic rings. The smallest absolute Gasteiger partial charge is 0.264 e. The average Bonchev–Trinajstić information content (AvgIpc) is 3.39. The number of carbonyl (C=O) groups is 1. The van der Waals surface area contributed by atoms with Crippen molar-refractivity contribution in [1.82, 2.24) is 14.9 Å². The monoisotopic (exact) mass is 514 g/mol. The molecule has 0 spiro atoms. The molecule has 0 aliphatic heterocycles. The Hall–Kier alpha value is -3.33. The lowest BCUT2D eigenvalue weighted by Crippen LogP contribution is -2.40. The fourth-order valence-corrected chi connectivity index (χ4v) is 5.19. The van der Waals surface area contributed by atoms with E-state index in [0.717, 1.165) is 15.6 Å². The number of sulfonamides is 1. The first-order valence-electron chi connectivity index (χ1n) is 10.2. The van der Waals surface area contributed by atoms with E-state index in [2.05, 4.69) is 10.3 Å². The second-order valence-electron chi connectivity index (χ2n) is 7.31. The van der Waals surface area contributed by atoms with Crippen LogP contribution in [0.4, 0.5) is 5.69 Å². The molecule has 34 heavy (non-hydrogen) atoms. The zero-order valence-corrected chi connectivity index (χ0v) is 20.1. The number of aromatic nitrogens is 2. The molecule has 1 N–H and O–H groups in total. The van der Waals surface area contributed by atoms with E-state index in [1.54, 1.807) is 42.9 Å². The number of nitrogens with one attached hydrogen (secondary N) is 1. The molecule has 1 heterocycles. The van der Waals surface area contributed by atoms with Gasteiger partial charge in [0.05, 0.1) is 27.0 Å². The summed E-state index contributed by atoms with van der Waals surface area (Å²) in [4.78, 5) is 16.9. The highest BCUT2D eigenvalue weighted by Gasteiger charge is 2.29. The molecular formula is C24H20Cl2N4O3S. The number of hydrogen-bond acceptors (Lipinski definition) is 4. The summed E-state index contributed by atoms with van der Waals surface area (Å²) in [6.07, 6.45) is 5.22. The summed E-state index contributed by atoms with van der Waals surface area (Å²) in [5.41, 5.74) is 1.91. The van der Waals surface area contributed by atoms with Crippen LogP contribution in [0, 0.1) is 0 Å². The highest BCUT2D eigenvalue weighted by atomic mass is 35.5. The van der Waals surface area contributed by atoms with Crippen molar-refractivity contribution < 1.29 is 13.2 Å². The molecule has 0 fully saturated rings. The van der Waals surface area contributed by atoms with Crippen molar-refractivity contribution in [2.24, 2.45) is 0 Å². The average molecular weight is 515 g/mol. The fraction of sp³-hybridized carbons (Fsp3) is 0.0833. The quantitative estimate of drug-likeness (QED) is 0.369. The largest absolute Gasteiger partial charge is 0.350 e. The van der Waals surface area contributed by atoms with E-state index >= 15 is 0 Å². The van der Waals surface area contributed by atoms with Gasteiger partial charge in [0.25, 0.3) is 10.0 Å². The minimum Gasteiger partial charge on any atom is -0.350 e. The Kier molecular flexibility index (Phi) is 7.21. The summed E-state index contributed by atoms with van der Waals surface area (Å²) in [5, 5.41) is 3.00. The molecule has 0 aliphatic rings. The van der Waals surface area contributed by atoms with Crippen LogP contribution in [0.2, 0.25) is 10.0 Å². The summed E-state index contributed by atoms with van der Waals surface area (Å²) in [6.45, 7) is -0.240. The van der Waals surface area contributed by atoms with E-state index in [0.29, 0.717) is 0 Å². The normalized spacial score (nSPS) is 11.2. The second-order valence-corrected chi connectivity index (χ2v) is 9.96. The predicted molar refractivity (Wildman–Crippen MR) is 133 cm³/mol. The van der Waals surface area contributed by atoms with Crippen molar-refractivity contribution in [2.75, 3.05) is 10.8 Å². The van der Waals surface area contributed by atoms with Gasteiger partial charge in [-0.1, -0.05) is 59.6 Å². The lowest BCUT2D eigenvalue weighted by Gasteiger charge is -2.25. The number of imidazole rings is 1. The van der Waals surface area contributed by atoms with Crippen LogP contribution in [-0.4, -0.2) is 30.4 Å². The standard InChI is InChI=1S/C24H20Cl2N4O3S/c25-21-7-4-8-22(24(21)26)30(34(32,33)20-5-2-1-3-6-20)16-23(31)28-15-18-9-11-19(12-10-18)29-14-13-27-17-29/h1-14,17H,15-16H2,(H,28,31). The molecule has 0 radical (unpaired) electrons. The molecule has 1 aromatic heterocycles. The van der Waals surface area contributed by atoms with E-state index in [1.165, 1.54) is 18.2 Å². The highest BCUT2D eigenvalue weighted by molar-refractivity contribution is 7.92. The molecule has 0 bridgehead atoms. The van der Waals surface area contributed by atoms with Crippen molar-refractivity contribution >= 4 is 44.8 Å². The molecule has 174 valence electrons. The van der Waals surface area contributed by atoms with Crippen molar-refractivity contribution in [3.05, 3.63) is 107 Å². The van der Waals surface area contributed by atoms with Crippen LogP contribution >= 0.6 is 23.2 Å². The third kappa shape index (κ3) is 5.25. The Morgan fingerprint density at radius 2 is 1.71 bits per heavy atom. The molecule has 1 amide bonds. The molecule has 0 saturated heterocycles. The number of nitrogens with zero attached hydrogens (tertiary/aromatic N) is 3. The molecule has 4 rings (SSSR count). The second kappa shape index (κ2) is 10.3. The SMILES string of the molecule is O=C(CN(c1cccc(Cl)c1Cl)S(=O)(=O)c1ccccc1)NCc1ccc(-n2ccnc2)cc1. The highest BCUT2D eigenvalue weighted by Crippen LogP contribution is 2.35. The van der Waals surface area contributed by atoms with Crippen LogP contribution in [0.15, 0.2) is 96.4 Å². The van der Waals surface area contributed by atoms with Crippen molar-refractivity contribution in [2.45, 2.75) is 11.4 Å². The van der Waals surface area contributed by atoms with Crippen LogP contribution < -0.4 is 9.62 Å². The number of halogens is 2. The maximum absolute atomic E-state index is 13.4. The van der Waals surface area contributed by atoms with E-state index in [1.807, 2.05) is 35.0 Å². The lowest BCUT2D eigenvalue weighted by molar-refractivity contribution is -0.119. The number of hydrogen-bond donors (Lipinski definition) is 1. The molecular weight excluding hydrogens is 495 g/mol. The van der Waals surface area contributed by atoms with Gasteiger partial charge < -0.3 is 9.88 Å². The van der Waals surface area contributed by atoms with Crippen LogP contribution in [0.3, 0.4) is 0 Å². The van der Waals surface area contributed by atoms with Gasteiger partial charge >= 0.3 is 0 Å². The molecule has 0 unspecified atom stereocenters. The van der Waals surface area contributed by atoms with E-state index in [4.69, 9.17) is 23.2 Å². The van der Waals surface area contributed by atoms with E-state index in [-0.39, 0.29) is 27.2 Å². The molecule has 7 nitrogen and oxygen atoms in total. The Bertz CT molecular complexity index is 1380. The molecule has 0 aliphatic carbocycles. The summed E-state index contributed by atoms with van der Waals surface area (Å²) in [7, 11) is -4.08. The van der Waals surface area contributed by atoms with E-state index < -0.39 is 22.5 Å². The number of anilines is 1. The van der Waals surface area contributed by atoms with Gasteiger partial charge in [0, 0.05) is 24.6 Å². The maximum Gasteiger partial charge on any atom is 0.264 e. The molecule has 0 saturated carbocycles. The van der Waals surface area contributed by atoms with Crippen molar-refractivity contribution in [3.63, 3.8) is 0 Å². The minimum absolute atomic E-state index is 0.0360. The number of rotatable bonds is 8. The topological polar surface area (TPSA) is 84.3 Å². The summed E-state index contributed by atoms with van der Waals surface area (Å²) < 4.78 is 29.6. The molecule has 3 aromatic carbocycles. The number of carbonyl (C=O) groups excluding carboxylic acids is 1. The third-order valence-electron chi connectivity index (χ3n) is 5.05. The van der Waals surface area contributed by atoms with Gasteiger partial charge in [-0.25, -0.2) is 13.4 Å². The molecule has 0 atom stereocenters. The Morgan fingerprint density at radius 3 is 2.38 bits per heavy atom. The first kappa shape index (κ1) is 23.8. The van der Waals surface area contributed by atoms with Gasteiger partial charge in [0.2, 0.25) is 5.91 Å². The van der Waals surface area contributed by atoms with Gasteiger partial charge in [-0.05, 0) is 42.0 Å². The number of amides is 1. The Morgan fingerprint density at radius 1 is 0.971 bits per heavy atom. The van der Waals surface area contributed by atoms with Gasteiger partial charge in [0.1, 0.15) is 6.54 Å². The first-order valence-corrected chi connectivity index (χ1v) is 12.4. The van der Waals surface area contributed by atoms with Crippen LogP contribution in [0.25, 0.3) is 5.69 Å². The Balaban J connectivity index is 1.53. The van der Waals surface area contributed by atoms with Gasteiger partial charge in [-0.15, -0.1) is 0 Å². The fourth-order valence-electron chi connectivity index (χ4n) is 3.29. The Labute approximate surface area is 207 Å². The van der Waals surface area contributed by atoms with Gasteiger partial charge in [-0.2, -0.15) is 0 Å². The number of benzene rings is 3. The van der Waals surface area contributed by atoms with Crippen molar-refractivity contribution in [1.29, 1.82) is 0 Å². The lowest BCUT2D eigenvalue weighted by atomic mass is 10.2. The van der Waals surface area contributed by atoms with Gasteiger partial charge in [-0.3, -0.25) is 9.10 Å². The summed E-state index contributed by atoms with van der Waals surface area (Å²) in [6, 6.07) is 20.0. The van der Waals surface area contributed by atoms with Crippen LogP contribution in [0.1, 0.15) is 5.56 Å². The van der Waals surface area contributed by atoms with Crippen LogP contribution in [-0.2, 0) is 21.4 Å². The van der Waals surface area contributed by atoms with E-state index in [9.17, 15) is 13.2 Å². The van der Waals surface area contributed by atoms with Crippen molar-refractivity contribution in [3.8, 4) is 5.69 Å². The molecule has 10 heteroatoms. The summed E-state index contributed by atoms with van der Waals surface area (Å²) in [5.74, 6) is -0.491. The predicted octanol–water partition coefficient (Wildman–Crippen LogP) is 4.69. The zero-order chi connectivity index (χ0) is 24.1. The van der Waals surface area contributed by atoms with Gasteiger partial charge in [0.15, 0.2) is 0 Å². The third-order valence-corrected chi connectivity index (χ3v) is 7.63. The summed E-state index contributed by atoms with van der Waals surface area (Å²) >= 11 is 12.4.